The van der Waals surface area contributed by atoms with Gasteiger partial charge in [0.1, 0.15) is 0 Å². The summed E-state index contributed by atoms with van der Waals surface area (Å²) < 4.78 is 0. The van der Waals surface area contributed by atoms with Crippen LogP contribution in [0, 0.1) is 0 Å². The molecule has 0 aliphatic rings. The van der Waals surface area contributed by atoms with Crippen LogP contribution in [0.25, 0.3) is 0 Å². The van der Waals surface area contributed by atoms with Gasteiger partial charge in [0.05, 0.1) is 6.61 Å². The molecule has 0 aromatic heterocycles. The Bertz CT molecular complexity index is 337. The first-order valence-corrected chi connectivity index (χ1v) is 6.91. The predicted octanol–water partition coefficient (Wildman–Crippen LogP) is 2.29. The van der Waals surface area contributed by atoms with Crippen molar-refractivity contribution in [3.05, 3.63) is 29.8 Å². The van der Waals surface area contributed by atoms with Crippen molar-refractivity contribution in [2.75, 3.05) is 25.4 Å². The van der Waals surface area contributed by atoms with E-state index in [2.05, 4.69) is 24.8 Å². The number of nitrogens with two attached hydrogens (primary N) is 1. The highest BCUT2D eigenvalue weighted by Gasteiger charge is 2.14. The van der Waals surface area contributed by atoms with Gasteiger partial charge in [-0.2, -0.15) is 0 Å². The van der Waals surface area contributed by atoms with Crippen molar-refractivity contribution in [2.45, 2.75) is 39.2 Å². The molecule has 1 aromatic rings. The van der Waals surface area contributed by atoms with Crippen LogP contribution >= 0.6 is 0 Å². The zero-order chi connectivity index (χ0) is 13.4. The molecule has 0 aliphatic carbocycles. The minimum Gasteiger partial charge on any atom is -0.399 e. The highest BCUT2D eigenvalue weighted by Crippen LogP contribution is 2.14. The van der Waals surface area contributed by atoms with Gasteiger partial charge in [-0.3, -0.25) is 4.90 Å². The third-order valence-corrected chi connectivity index (χ3v) is 3.57. The van der Waals surface area contributed by atoms with Gasteiger partial charge in [-0.15, -0.1) is 0 Å². The summed E-state index contributed by atoms with van der Waals surface area (Å²) in [7, 11) is 0. The van der Waals surface area contributed by atoms with Crippen LogP contribution in [0.2, 0.25) is 0 Å². The van der Waals surface area contributed by atoms with Gasteiger partial charge < -0.3 is 10.8 Å². The molecule has 0 bridgehead atoms. The van der Waals surface area contributed by atoms with Gasteiger partial charge in [0.25, 0.3) is 0 Å². The Kier molecular flexibility index (Phi) is 6.76. The molecule has 3 N–H and O–H groups in total. The van der Waals surface area contributed by atoms with Gasteiger partial charge in [-0.25, -0.2) is 0 Å². The van der Waals surface area contributed by atoms with E-state index >= 15 is 0 Å². The Labute approximate surface area is 111 Å². The summed E-state index contributed by atoms with van der Waals surface area (Å²) in [6, 6.07) is 8.58. The second kappa shape index (κ2) is 8.11. The second-order valence-corrected chi connectivity index (χ2v) is 4.68. The van der Waals surface area contributed by atoms with E-state index in [0.29, 0.717) is 6.04 Å². The fourth-order valence-electron chi connectivity index (χ4n) is 2.44. The summed E-state index contributed by atoms with van der Waals surface area (Å²) in [6.07, 6.45) is 3.20. The van der Waals surface area contributed by atoms with Crippen LogP contribution in [-0.2, 0) is 6.42 Å². The van der Waals surface area contributed by atoms with Gasteiger partial charge >= 0.3 is 0 Å². The zero-order valence-electron chi connectivity index (χ0n) is 11.6. The summed E-state index contributed by atoms with van der Waals surface area (Å²) in [5, 5.41) is 9.16. The van der Waals surface area contributed by atoms with Crippen LogP contribution in [0.4, 0.5) is 5.69 Å². The number of benzene rings is 1. The summed E-state index contributed by atoms with van der Waals surface area (Å²) >= 11 is 0. The predicted molar refractivity (Wildman–Crippen MR) is 77.6 cm³/mol. The summed E-state index contributed by atoms with van der Waals surface area (Å²) in [5.74, 6) is 0. The molecule has 0 radical (unpaired) electrons. The number of rotatable bonds is 8. The van der Waals surface area contributed by atoms with Crippen molar-refractivity contribution < 1.29 is 5.11 Å². The van der Waals surface area contributed by atoms with Crippen LogP contribution in [-0.4, -0.2) is 35.7 Å². The van der Waals surface area contributed by atoms with Crippen molar-refractivity contribution in [3.63, 3.8) is 0 Å². The number of anilines is 1. The molecule has 3 nitrogen and oxygen atoms in total. The Morgan fingerprint density at radius 3 is 2.39 bits per heavy atom. The fraction of sp³-hybridized carbons (Fsp3) is 0.600. The molecule has 3 heteroatoms. The first kappa shape index (κ1) is 15.0. The number of nitrogen functional groups attached to an aromatic ring is 1. The molecule has 0 amide bonds. The van der Waals surface area contributed by atoms with E-state index in [1.165, 1.54) is 5.56 Å². The standard InChI is InChI=1S/C15H26N2O/c1-3-14(4-2)17(11-12-18)10-9-13-7-5-6-8-15(13)16/h5-8,14,18H,3-4,9-12,16H2,1-2H3. The maximum absolute atomic E-state index is 9.16. The number of nitrogens with zero attached hydrogens (tertiary/aromatic N) is 1. The van der Waals surface area contributed by atoms with E-state index in [1.54, 1.807) is 0 Å². The van der Waals surface area contributed by atoms with Gasteiger partial charge in [-0.05, 0) is 30.9 Å². The van der Waals surface area contributed by atoms with Gasteiger partial charge in [0, 0.05) is 24.8 Å². The number of aliphatic hydroxyl groups excluding tert-OH is 1. The Balaban J connectivity index is 2.59. The smallest absolute Gasteiger partial charge is 0.0558 e. The third-order valence-electron chi connectivity index (χ3n) is 3.57. The number of hydrogen-bond acceptors (Lipinski definition) is 3. The monoisotopic (exact) mass is 250 g/mol. The van der Waals surface area contributed by atoms with E-state index < -0.39 is 0 Å². The van der Waals surface area contributed by atoms with E-state index in [4.69, 9.17) is 10.8 Å². The van der Waals surface area contributed by atoms with Crippen LogP contribution in [0.1, 0.15) is 32.3 Å². The maximum Gasteiger partial charge on any atom is 0.0558 e. The van der Waals surface area contributed by atoms with E-state index in [0.717, 1.165) is 38.0 Å². The molecule has 0 saturated carbocycles. The maximum atomic E-state index is 9.16. The lowest BCUT2D eigenvalue weighted by atomic mass is 10.1. The van der Waals surface area contributed by atoms with Gasteiger partial charge in [0.15, 0.2) is 0 Å². The fourth-order valence-corrected chi connectivity index (χ4v) is 2.44. The zero-order valence-corrected chi connectivity index (χ0v) is 11.6. The van der Waals surface area contributed by atoms with E-state index in [1.807, 2.05) is 18.2 Å². The molecule has 102 valence electrons. The SMILES string of the molecule is CCC(CC)N(CCO)CCc1ccccc1N. The van der Waals surface area contributed by atoms with Gasteiger partial charge in [0.2, 0.25) is 0 Å². The second-order valence-electron chi connectivity index (χ2n) is 4.68. The van der Waals surface area contributed by atoms with Crippen LogP contribution in [0.5, 0.6) is 0 Å². The molecule has 0 spiro atoms. The average Bonchev–Trinajstić information content (AvgIpc) is 2.39. The molecule has 0 heterocycles. The lowest BCUT2D eigenvalue weighted by Crippen LogP contribution is -2.38. The van der Waals surface area contributed by atoms with Crippen LogP contribution in [0.15, 0.2) is 24.3 Å². The van der Waals surface area contributed by atoms with Crippen molar-refractivity contribution in [1.82, 2.24) is 4.90 Å². The largest absolute Gasteiger partial charge is 0.399 e. The van der Waals surface area contributed by atoms with Crippen LogP contribution in [0.3, 0.4) is 0 Å². The molecular formula is C15H26N2O. The molecule has 1 aromatic carbocycles. The van der Waals surface area contributed by atoms with Crippen molar-refractivity contribution in [3.8, 4) is 0 Å². The lowest BCUT2D eigenvalue weighted by molar-refractivity contribution is 0.145. The molecule has 0 fully saturated rings. The Morgan fingerprint density at radius 1 is 1.17 bits per heavy atom. The molecule has 0 aliphatic heterocycles. The number of para-hydroxylation sites is 1. The first-order chi connectivity index (χ1) is 8.72. The Hall–Kier alpha value is -1.06. The highest BCUT2D eigenvalue weighted by atomic mass is 16.3. The lowest BCUT2D eigenvalue weighted by Gasteiger charge is -2.29. The summed E-state index contributed by atoms with van der Waals surface area (Å²) in [4.78, 5) is 2.37. The molecular weight excluding hydrogens is 224 g/mol. The van der Waals surface area contributed by atoms with Crippen LogP contribution < -0.4 is 5.73 Å². The summed E-state index contributed by atoms with van der Waals surface area (Å²) in [6.45, 7) is 6.34. The topological polar surface area (TPSA) is 49.5 Å². The van der Waals surface area contributed by atoms with Gasteiger partial charge in [-0.1, -0.05) is 32.0 Å². The average molecular weight is 250 g/mol. The van der Waals surface area contributed by atoms with Crippen molar-refractivity contribution >= 4 is 5.69 Å². The molecule has 0 saturated heterocycles. The molecule has 18 heavy (non-hydrogen) atoms. The normalized spacial score (nSPS) is 11.4. The number of hydrogen-bond donors (Lipinski definition) is 2. The third kappa shape index (κ3) is 4.31. The Morgan fingerprint density at radius 2 is 1.83 bits per heavy atom. The van der Waals surface area contributed by atoms with E-state index in [-0.39, 0.29) is 6.61 Å². The first-order valence-electron chi connectivity index (χ1n) is 6.91. The quantitative estimate of drug-likeness (QED) is 0.696. The van der Waals surface area contributed by atoms with Crippen molar-refractivity contribution in [1.29, 1.82) is 0 Å². The minimum absolute atomic E-state index is 0.223. The van der Waals surface area contributed by atoms with E-state index in [9.17, 15) is 0 Å². The minimum atomic E-state index is 0.223. The molecule has 0 atom stereocenters. The highest BCUT2D eigenvalue weighted by molar-refractivity contribution is 5.46. The number of aliphatic hydroxyl groups is 1. The summed E-state index contributed by atoms with van der Waals surface area (Å²) in [5.41, 5.74) is 8.02. The molecule has 0 unspecified atom stereocenters. The van der Waals surface area contributed by atoms with Crippen molar-refractivity contribution in [2.24, 2.45) is 0 Å². The molecule has 1 rings (SSSR count).